The van der Waals surface area contributed by atoms with Gasteiger partial charge in [0.05, 0.1) is 16.2 Å². The third-order valence-corrected chi connectivity index (χ3v) is 6.75. The Bertz CT molecular complexity index is 1470. The first-order chi connectivity index (χ1) is 16.5. The van der Waals surface area contributed by atoms with Gasteiger partial charge in [-0.1, -0.05) is 19.9 Å². The van der Waals surface area contributed by atoms with Gasteiger partial charge in [0, 0.05) is 41.1 Å². The number of rotatable bonds is 2. The van der Waals surface area contributed by atoms with Crippen LogP contribution in [-0.4, -0.2) is 16.6 Å². The average Bonchev–Trinajstić information content (AvgIpc) is 3.05. The van der Waals surface area contributed by atoms with Crippen LogP contribution in [0.15, 0.2) is 65.1 Å². The van der Waals surface area contributed by atoms with Crippen LogP contribution >= 0.6 is 0 Å². The average molecular weight is 473 g/mol. The van der Waals surface area contributed by atoms with Crippen molar-refractivity contribution in [1.82, 2.24) is 0 Å². The van der Waals surface area contributed by atoms with Crippen molar-refractivity contribution in [2.24, 2.45) is 11.1 Å². The number of ketones is 1. The van der Waals surface area contributed by atoms with Crippen molar-refractivity contribution < 1.29 is 18.9 Å². The van der Waals surface area contributed by atoms with Gasteiger partial charge in [-0.3, -0.25) is 24.6 Å². The second kappa shape index (κ2) is 7.24. The van der Waals surface area contributed by atoms with Gasteiger partial charge < -0.3 is 11.1 Å². The number of non-ortho nitro benzene ring substituents is 1. The van der Waals surface area contributed by atoms with Gasteiger partial charge in [-0.15, -0.1) is 0 Å². The Hall–Kier alpha value is -4.52. The smallest absolute Gasteiger partial charge is 0.271 e. The molecule has 5 rings (SSSR count). The monoisotopic (exact) mass is 473 g/mol. The highest BCUT2D eigenvalue weighted by Gasteiger charge is 2.61. The zero-order valence-corrected chi connectivity index (χ0v) is 18.9. The van der Waals surface area contributed by atoms with E-state index in [4.69, 9.17) is 5.73 Å². The largest absolute Gasteiger partial charge is 0.384 e. The summed E-state index contributed by atoms with van der Waals surface area (Å²) in [5.74, 6) is -1.83. The number of hydrogen-bond acceptors (Lipinski definition) is 7. The highest BCUT2D eigenvalue weighted by Crippen LogP contribution is 2.57. The highest BCUT2D eigenvalue weighted by molar-refractivity contribution is 6.20. The molecule has 10 heteroatoms. The third kappa shape index (κ3) is 2.98. The van der Waals surface area contributed by atoms with E-state index in [2.05, 4.69) is 5.32 Å². The van der Waals surface area contributed by atoms with Crippen LogP contribution in [0.1, 0.15) is 32.3 Å². The van der Waals surface area contributed by atoms with Crippen LogP contribution in [0.2, 0.25) is 0 Å². The van der Waals surface area contributed by atoms with E-state index in [0.717, 1.165) is 6.07 Å². The first kappa shape index (κ1) is 22.3. The molecule has 1 atom stereocenters. The summed E-state index contributed by atoms with van der Waals surface area (Å²) in [5, 5.41) is 24.4. The van der Waals surface area contributed by atoms with Gasteiger partial charge in [0.15, 0.2) is 5.78 Å². The number of nitro groups is 1. The number of amides is 1. The minimum absolute atomic E-state index is 0.0379. The van der Waals surface area contributed by atoms with Crippen LogP contribution in [0.4, 0.5) is 21.5 Å². The van der Waals surface area contributed by atoms with Crippen molar-refractivity contribution in [3.05, 3.63) is 86.6 Å². The van der Waals surface area contributed by atoms with E-state index in [0.29, 0.717) is 5.70 Å². The van der Waals surface area contributed by atoms with Crippen LogP contribution in [0.25, 0.3) is 0 Å². The fourth-order valence-corrected chi connectivity index (χ4v) is 5.43. The molecule has 2 aliphatic heterocycles. The minimum Gasteiger partial charge on any atom is -0.384 e. The number of hydrogen-bond donors (Lipinski definition) is 2. The number of nitrogens with zero attached hydrogens (tertiary/aromatic N) is 3. The van der Waals surface area contributed by atoms with E-state index < -0.39 is 27.5 Å². The SMILES string of the molecule is CC1(C)CC(=O)C2=C(C1)N(c1cccc([N+](=O)[O-])c1)C(N)=C(C#N)C21C(=O)Nc2ccc(F)cc21. The zero-order chi connectivity index (χ0) is 25.3. The maximum Gasteiger partial charge on any atom is 0.271 e. The number of carbonyl (C=O) groups excluding carboxylic acids is 2. The molecule has 1 amide bonds. The Kier molecular flexibility index (Phi) is 4.61. The third-order valence-electron chi connectivity index (χ3n) is 6.75. The number of nitrogens with one attached hydrogen (secondary N) is 1. The van der Waals surface area contributed by atoms with Crippen LogP contribution < -0.4 is 16.0 Å². The van der Waals surface area contributed by atoms with Crippen molar-refractivity contribution >= 4 is 28.8 Å². The predicted molar refractivity (Wildman–Crippen MR) is 124 cm³/mol. The van der Waals surface area contributed by atoms with Crippen LogP contribution in [0.3, 0.4) is 0 Å². The van der Waals surface area contributed by atoms with Crippen LogP contribution in [-0.2, 0) is 15.0 Å². The predicted octanol–water partition coefficient (Wildman–Crippen LogP) is 3.78. The van der Waals surface area contributed by atoms with E-state index in [9.17, 15) is 29.4 Å². The number of nitrogens with two attached hydrogens (primary N) is 1. The summed E-state index contributed by atoms with van der Waals surface area (Å²) in [6, 6.07) is 11.3. The first-order valence-corrected chi connectivity index (χ1v) is 10.8. The molecule has 0 radical (unpaired) electrons. The van der Waals surface area contributed by atoms with E-state index in [1.165, 1.54) is 35.2 Å². The highest BCUT2D eigenvalue weighted by atomic mass is 19.1. The summed E-state index contributed by atoms with van der Waals surface area (Å²) in [4.78, 5) is 39.6. The molecule has 0 saturated heterocycles. The van der Waals surface area contributed by atoms with Gasteiger partial charge >= 0.3 is 0 Å². The molecule has 9 nitrogen and oxygen atoms in total. The molecular formula is C25H20FN5O4. The van der Waals surface area contributed by atoms with Crippen molar-refractivity contribution in [3.63, 3.8) is 0 Å². The van der Waals surface area contributed by atoms with Gasteiger partial charge in [0.1, 0.15) is 23.1 Å². The molecule has 1 aliphatic carbocycles. The van der Waals surface area contributed by atoms with Crippen LogP contribution in [0, 0.1) is 32.7 Å². The number of nitriles is 1. The number of allylic oxidation sites excluding steroid dienone is 1. The number of nitro benzene ring substituents is 1. The number of fused-ring (bicyclic) bond motifs is 3. The van der Waals surface area contributed by atoms with E-state index in [-0.39, 0.29) is 58.2 Å². The second-order valence-corrected chi connectivity index (χ2v) is 9.64. The van der Waals surface area contributed by atoms with E-state index in [1.807, 2.05) is 19.9 Å². The lowest BCUT2D eigenvalue weighted by atomic mass is 9.60. The van der Waals surface area contributed by atoms with Gasteiger partial charge in [0.2, 0.25) is 5.91 Å². The normalized spacial score (nSPS) is 22.6. The molecular weight excluding hydrogens is 453 g/mol. The van der Waals surface area contributed by atoms with Crippen molar-refractivity contribution in [2.75, 3.05) is 10.2 Å². The number of benzene rings is 2. The molecule has 1 unspecified atom stereocenters. The molecule has 2 aromatic carbocycles. The topological polar surface area (TPSA) is 142 Å². The summed E-state index contributed by atoms with van der Waals surface area (Å²) in [6.45, 7) is 3.77. The molecule has 3 aliphatic rings. The zero-order valence-electron chi connectivity index (χ0n) is 18.9. The Morgan fingerprint density at radius 3 is 2.63 bits per heavy atom. The molecule has 0 bridgehead atoms. The molecule has 176 valence electrons. The minimum atomic E-state index is -1.92. The number of Topliss-reactive ketones (excluding diaryl/α,β-unsaturated/α-hetero) is 1. The fourth-order valence-electron chi connectivity index (χ4n) is 5.43. The summed E-state index contributed by atoms with van der Waals surface area (Å²) in [7, 11) is 0. The summed E-state index contributed by atoms with van der Waals surface area (Å²) < 4.78 is 14.4. The van der Waals surface area contributed by atoms with Crippen LogP contribution in [0.5, 0.6) is 0 Å². The van der Waals surface area contributed by atoms with Gasteiger partial charge in [-0.05, 0) is 36.1 Å². The van der Waals surface area contributed by atoms with E-state index >= 15 is 0 Å². The Balaban J connectivity index is 1.90. The number of carbonyl (C=O) groups is 2. The quantitative estimate of drug-likeness (QED) is 0.499. The summed E-state index contributed by atoms with van der Waals surface area (Å²) >= 11 is 0. The van der Waals surface area contributed by atoms with E-state index in [1.54, 1.807) is 6.07 Å². The Morgan fingerprint density at radius 1 is 1.20 bits per heavy atom. The lowest BCUT2D eigenvalue weighted by Crippen LogP contribution is -2.52. The summed E-state index contributed by atoms with van der Waals surface area (Å²) in [5.41, 5.74) is 4.74. The second-order valence-electron chi connectivity index (χ2n) is 9.64. The lowest BCUT2D eigenvalue weighted by molar-refractivity contribution is -0.384. The molecule has 3 N–H and O–H groups in total. The summed E-state index contributed by atoms with van der Waals surface area (Å²) in [6.07, 6.45) is 0.378. The molecule has 2 heterocycles. The maximum absolute atomic E-state index is 14.4. The molecule has 35 heavy (non-hydrogen) atoms. The number of anilines is 2. The van der Waals surface area contributed by atoms with Gasteiger partial charge in [-0.25, -0.2) is 4.39 Å². The van der Waals surface area contributed by atoms with Crippen molar-refractivity contribution in [2.45, 2.75) is 32.1 Å². The Morgan fingerprint density at radius 2 is 1.94 bits per heavy atom. The molecule has 0 fully saturated rings. The van der Waals surface area contributed by atoms with Gasteiger partial charge in [-0.2, -0.15) is 5.26 Å². The molecule has 2 aromatic rings. The Labute approximate surface area is 199 Å². The standard InChI is InChI=1S/C25H20FN5O4/c1-24(2)10-19-21(20(32)11-24)25(16-8-13(26)6-7-18(16)29-23(25)33)17(12-27)22(28)30(19)14-4-3-5-15(9-14)31(34)35/h3-9H,10-11,28H2,1-2H3,(H,29,33). The molecule has 0 aromatic heterocycles. The number of halogens is 1. The maximum atomic E-state index is 14.4. The van der Waals surface area contributed by atoms with Crippen molar-refractivity contribution in [3.8, 4) is 6.07 Å². The lowest BCUT2D eigenvalue weighted by Gasteiger charge is -2.46. The first-order valence-electron chi connectivity index (χ1n) is 10.8. The fraction of sp³-hybridized carbons (Fsp3) is 0.240. The molecule has 0 saturated carbocycles. The van der Waals surface area contributed by atoms with Crippen molar-refractivity contribution in [1.29, 1.82) is 5.26 Å². The molecule has 1 spiro atoms. The van der Waals surface area contributed by atoms with Gasteiger partial charge in [0.25, 0.3) is 5.69 Å².